The van der Waals surface area contributed by atoms with Gasteiger partial charge in [-0.2, -0.15) is 0 Å². The quantitative estimate of drug-likeness (QED) is 0.510. The number of rotatable bonds is 4. The number of hydrazine groups is 1. The first-order chi connectivity index (χ1) is 8.29. The summed E-state index contributed by atoms with van der Waals surface area (Å²) in [5.74, 6) is 4.62. The molecule has 2 rings (SSSR count). The van der Waals surface area contributed by atoms with Crippen LogP contribution < -0.4 is 11.4 Å². The molecule has 98 valence electrons. The van der Waals surface area contributed by atoms with E-state index in [1.807, 2.05) is 5.59 Å². The highest BCUT2D eigenvalue weighted by atomic mass is 16.7. The number of hydrogen-bond acceptors (Lipinski definition) is 6. The van der Waals surface area contributed by atoms with Crippen molar-refractivity contribution in [3.63, 3.8) is 0 Å². The Morgan fingerprint density at radius 3 is 3.06 bits per heavy atom. The summed E-state index contributed by atoms with van der Waals surface area (Å²) in [6.07, 6.45) is 4.38. The molecule has 6 nitrogen and oxygen atoms in total. The molecule has 0 aromatic rings. The minimum atomic E-state index is -0.293. The summed E-state index contributed by atoms with van der Waals surface area (Å²) in [5, 5.41) is 0. The number of piperazine rings is 1. The molecule has 2 saturated heterocycles. The molecule has 2 heterocycles. The largest absolute Gasteiger partial charge is 0.356 e. The van der Waals surface area contributed by atoms with Crippen molar-refractivity contribution in [2.45, 2.75) is 31.7 Å². The van der Waals surface area contributed by atoms with Crippen molar-refractivity contribution >= 4 is 5.97 Å². The molecule has 1 atom stereocenters. The topological polar surface area (TPSA) is 70.8 Å². The number of nitrogens with zero attached hydrogens (tertiary/aromatic N) is 2. The number of nitrogens with one attached hydrogen (secondary N) is 1. The molecule has 0 amide bonds. The van der Waals surface area contributed by atoms with E-state index in [4.69, 9.17) is 5.84 Å². The fourth-order valence-electron chi connectivity index (χ4n) is 2.79. The Hall–Kier alpha value is -0.690. The smallest absolute Gasteiger partial charge is 0.327 e. The molecule has 0 spiro atoms. The Bertz CT molecular complexity index is 262. The average Bonchev–Trinajstić information content (AvgIpc) is 2.36. The molecule has 0 aromatic carbocycles. The maximum Gasteiger partial charge on any atom is 0.327 e. The summed E-state index contributed by atoms with van der Waals surface area (Å²) >= 11 is 0. The molecule has 0 aromatic heterocycles. The fourth-order valence-corrected chi connectivity index (χ4v) is 2.79. The van der Waals surface area contributed by atoms with Crippen LogP contribution >= 0.6 is 0 Å². The number of carbonyl (C=O) groups excluding carboxylic acids is 1. The summed E-state index contributed by atoms with van der Waals surface area (Å²) in [6, 6.07) is 0.696. The van der Waals surface area contributed by atoms with Crippen LogP contribution in [0.25, 0.3) is 0 Å². The lowest BCUT2D eigenvalue weighted by Crippen LogP contribution is -2.55. The van der Waals surface area contributed by atoms with Gasteiger partial charge in [0.25, 0.3) is 0 Å². The van der Waals surface area contributed by atoms with Crippen molar-refractivity contribution in [1.29, 1.82) is 0 Å². The van der Waals surface area contributed by atoms with Crippen LogP contribution in [-0.2, 0) is 9.63 Å². The Kier molecular flexibility index (Phi) is 4.73. The van der Waals surface area contributed by atoms with E-state index in [9.17, 15) is 4.79 Å². The molecule has 0 bridgehead atoms. The number of piperidine rings is 1. The van der Waals surface area contributed by atoms with E-state index in [0.717, 1.165) is 26.2 Å². The molecule has 1 unspecified atom stereocenters. The number of hydrogen-bond donors (Lipinski definition) is 2. The van der Waals surface area contributed by atoms with E-state index >= 15 is 0 Å². The highest BCUT2D eigenvalue weighted by Gasteiger charge is 2.28. The van der Waals surface area contributed by atoms with Gasteiger partial charge in [0.2, 0.25) is 0 Å². The summed E-state index contributed by atoms with van der Waals surface area (Å²) in [6.45, 7) is 5.29. The second kappa shape index (κ2) is 6.30. The minimum absolute atomic E-state index is 0.293. The van der Waals surface area contributed by atoms with Gasteiger partial charge in [0.05, 0.1) is 6.42 Å². The second-order valence-electron chi connectivity index (χ2n) is 4.83. The molecule has 0 saturated carbocycles. The highest BCUT2D eigenvalue weighted by molar-refractivity contribution is 5.69. The molecule has 2 fully saturated rings. The third kappa shape index (κ3) is 3.64. The summed E-state index contributed by atoms with van der Waals surface area (Å²) in [4.78, 5) is 20.6. The number of fused-ring (bicyclic) bond motifs is 1. The Labute approximate surface area is 102 Å². The van der Waals surface area contributed by atoms with Gasteiger partial charge in [0.15, 0.2) is 0 Å². The van der Waals surface area contributed by atoms with Crippen molar-refractivity contribution < 1.29 is 9.63 Å². The van der Waals surface area contributed by atoms with Gasteiger partial charge in [-0.1, -0.05) is 12.0 Å². The van der Waals surface area contributed by atoms with Crippen molar-refractivity contribution in [2.24, 2.45) is 5.84 Å². The molecule has 0 aliphatic carbocycles. The lowest BCUT2D eigenvalue weighted by Gasteiger charge is -2.44. The van der Waals surface area contributed by atoms with Crippen LogP contribution in [-0.4, -0.2) is 54.5 Å². The average molecular weight is 242 g/mol. The summed E-state index contributed by atoms with van der Waals surface area (Å²) in [5.41, 5.74) is 1.92. The Morgan fingerprint density at radius 2 is 2.24 bits per heavy atom. The van der Waals surface area contributed by atoms with E-state index < -0.39 is 0 Å². The summed E-state index contributed by atoms with van der Waals surface area (Å²) < 4.78 is 0. The van der Waals surface area contributed by atoms with Gasteiger partial charge < -0.3 is 4.84 Å². The van der Waals surface area contributed by atoms with Crippen LogP contribution in [0.3, 0.4) is 0 Å². The fraction of sp³-hybridized carbons (Fsp3) is 0.909. The van der Waals surface area contributed by atoms with Crippen LogP contribution in [0.2, 0.25) is 0 Å². The van der Waals surface area contributed by atoms with Crippen molar-refractivity contribution in [3.05, 3.63) is 0 Å². The minimum Gasteiger partial charge on any atom is -0.356 e. The SMILES string of the molecule is NNOC(=O)CCN1CCN2CCCCC2C1. The predicted molar refractivity (Wildman–Crippen MR) is 63.7 cm³/mol. The summed E-state index contributed by atoms with van der Waals surface area (Å²) in [7, 11) is 0. The van der Waals surface area contributed by atoms with E-state index in [2.05, 4.69) is 14.6 Å². The third-order valence-electron chi connectivity index (χ3n) is 3.73. The molecular weight excluding hydrogens is 220 g/mol. The van der Waals surface area contributed by atoms with Gasteiger partial charge in [-0.15, -0.1) is 0 Å². The Balaban J connectivity index is 1.70. The van der Waals surface area contributed by atoms with Gasteiger partial charge in [-0.3, -0.25) is 14.6 Å². The maximum atomic E-state index is 11.2. The lowest BCUT2D eigenvalue weighted by atomic mass is 9.99. The maximum absolute atomic E-state index is 11.2. The van der Waals surface area contributed by atoms with E-state index in [1.165, 1.54) is 25.8 Å². The van der Waals surface area contributed by atoms with Crippen LogP contribution in [0.15, 0.2) is 0 Å². The van der Waals surface area contributed by atoms with Crippen LogP contribution in [0.5, 0.6) is 0 Å². The van der Waals surface area contributed by atoms with E-state index in [1.54, 1.807) is 0 Å². The van der Waals surface area contributed by atoms with Crippen LogP contribution in [0, 0.1) is 0 Å². The predicted octanol–water partition coefficient (Wildman–Crippen LogP) is -0.532. The van der Waals surface area contributed by atoms with Crippen molar-refractivity contribution in [1.82, 2.24) is 15.4 Å². The van der Waals surface area contributed by atoms with Crippen molar-refractivity contribution in [3.8, 4) is 0 Å². The molecule has 17 heavy (non-hydrogen) atoms. The molecule has 6 heteroatoms. The zero-order valence-electron chi connectivity index (χ0n) is 10.2. The molecule has 2 aliphatic rings. The standard InChI is InChI=1S/C11H22N4O2/c12-13-17-11(16)4-6-14-7-8-15-5-2-1-3-10(15)9-14/h10,13H,1-9,12H2. The normalized spacial score (nSPS) is 26.5. The van der Waals surface area contributed by atoms with Gasteiger partial charge in [-0.05, 0) is 19.4 Å². The zero-order valence-corrected chi connectivity index (χ0v) is 10.2. The number of carbonyl (C=O) groups is 1. The van der Waals surface area contributed by atoms with Crippen LogP contribution in [0.4, 0.5) is 0 Å². The number of nitrogens with two attached hydrogens (primary N) is 1. The highest BCUT2D eigenvalue weighted by Crippen LogP contribution is 2.20. The lowest BCUT2D eigenvalue weighted by molar-refractivity contribution is -0.151. The molecule has 0 radical (unpaired) electrons. The van der Waals surface area contributed by atoms with Crippen molar-refractivity contribution in [2.75, 3.05) is 32.7 Å². The second-order valence-corrected chi connectivity index (χ2v) is 4.83. The van der Waals surface area contributed by atoms with E-state index in [0.29, 0.717) is 12.5 Å². The first-order valence-corrected chi connectivity index (χ1v) is 6.41. The Morgan fingerprint density at radius 1 is 1.35 bits per heavy atom. The van der Waals surface area contributed by atoms with Gasteiger partial charge in [0, 0.05) is 32.2 Å². The molecule has 2 aliphatic heterocycles. The molecule has 3 N–H and O–H groups in total. The zero-order chi connectivity index (χ0) is 12.1. The third-order valence-corrected chi connectivity index (χ3v) is 3.73. The first-order valence-electron chi connectivity index (χ1n) is 6.41. The monoisotopic (exact) mass is 242 g/mol. The van der Waals surface area contributed by atoms with Crippen LogP contribution in [0.1, 0.15) is 25.7 Å². The van der Waals surface area contributed by atoms with Gasteiger partial charge >= 0.3 is 5.97 Å². The first kappa shape index (κ1) is 12.8. The van der Waals surface area contributed by atoms with Gasteiger partial charge in [-0.25, -0.2) is 5.84 Å². The van der Waals surface area contributed by atoms with Gasteiger partial charge in [0.1, 0.15) is 0 Å². The molecular formula is C11H22N4O2. The van der Waals surface area contributed by atoms with E-state index in [-0.39, 0.29) is 5.97 Å².